The third-order valence-electron chi connectivity index (χ3n) is 7.34. The van der Waals surface area contributed by atoms with Gasteiger partial charge in [-0.2, -0.15) is 5.26 Å². The van der Waals surface area contributed by atoms with Crippen LogP contribution >= 0.6 is 0 Å². The number of aromatic nitrogens is 2. The fourth-order valence-corrected chi connectivity index (χ4v) is 5.24. The Morgan fingerprint density at radius 3 is 2.46 bits per heavy atom. The third kappa shape index (κ3) is 4.61. The number of anilines is 1. The van der Waals surface area contributed by atoms with Gasteiger partial charge in [0.25, 0.3) is 0 Å². The molecule has 3 heterocycles. The van der Waals surface area contributed by atoms with Gasteiger partial charge in [0.05, 0.1) is 12.8 Å². The molecule has 7 heteroatoms. The summed E-state index contributed by atoms with van der Waals surface area (Å²) in [5.74, 6) is 1.98. The van der Waals surface area contributed by atoms with Gasteiger partial charge in [-0.05, 0) is 87.7 Å². The average Bonchev–Trinajstić information content (AvgIpc) is 3.50. The minimum absolute atomic E-state index is 0.404. The standard InChI is InChI=1S/C30H33N5O2/c1-19-7-12-27(37-18-22-8-10-24(36-4)11-9-22)20(2)28(19)35-29(32)26(16-31)25-15-23(21(3)33-30(25)35)17-34-13-5-6-14-34/h7-12,15H,5-6,13-14,17-18,32H2,1-4H3. The first kappa shape index (κ1) is 24.7. The van der Waals surface area contributed by atoms with E-state index in [2.05, 4.69) is 17.0 Å². The molecule has 0 radical (unpaired) electrons. The third-order valence-corrected chi connectivity index (χ3v) is 7.34. The lowest BCUT2D eigenvalue weighted by Gasteiger charge is -2.19. The molecular weight excluding hydrogens is 462 g/mol. The van der Waals surface area contributed by atoms with Crippen LogP contribution in [0.15, 0.2) is 42.5 Å². The number of hydrogen-bond acceptors (Lipinski definition) is 6. The number of pyridine rings is 1. The molecule has 1 aliphatic rings. The van der Waals surface area contributed by atoms with E-state index >= 15 is 0 Å². The van der Waals surface area contributed by atoms with E-state index in [-0.39, 0.29) is 0 Å². The fourth-order valence-electron chi connectivity index (χ4n) is 5.24. The molecule has 2 aromatic carbocycles. The molecule has 2 aromatic heterocycles. The Labute approximate surface area is 218 Å². The van der Waals surface area contributed by atoms with E-state index in [4.69, 9.17) is 20.2 Å². The molecule has 5 rings (SSSR count). The zero-order chi connectivity index (χ0) is 26.1. The normalized spacial score (nSPS) is 13.7. The van der Waals surface area contributed by atoms with Crippen LogP contribution in [-0.2, 0) is 13.2 Å². The Morgan fingerprint density at radius 2 is 1.78 bits per heavy atom. The van der Waals surface area contributed by atoms with E-state index in [1.165, 1.54) is 12.8 Å². The largest absolute Gasteiger partial charge is 0.497 e. The molecule has 1 aliphatic heterocycles. The number of likely N-dealkylation sites (tertiary alicyclic amines) is 1. The maximum atomic E-state index is 10.0. The van der Waals surface area contributed by atoms with E-state index < -0.39 is 0 Å². The molecule has 0 spiro atoms. The number of nitriles is 1. The van der Waals surface area contributed by atoms with Gasteiger partial charge in [-0.1, -0.05) is 18.2 Å². The number of nitrogens with two attached hydrogens (primary N) is 1. The van der Waals surface area contributed by atoms with Crippen LogP contribution in [-0.4, -0.2) is 34.7 Å². The van der Waals surface area contributed by atoms with Gasteiger partial charge < -0.3 is 15.2 Å². The van der Waals surface area contributed by atoms with Gasteiger partial charge in [-0.15, -0.1) is 0 Å². The molecule has 2 N–H and O–H groups in total. The number of ether oxygens (including phenoxy) is 2. The molecule has 0 unspecified atom stereocenters. The van der Waals surface area contributed by atoms with E-state index in [0.717, 1.165) is 70.2 Å². The summed E-state index contributed by atoms with van der Waals surface area (Å²) < 4.78 is 13.4. The first-order valence-corrected chi connectivity index (χ1v) is 12.7. The van der Waals surface area contributed by atoms with E-state index in [9.17, 15) is 5.26 Å². The van der Waals surface area contributed by atoms with E-state index in [1.807, 2.05) is 61.7 Å². The van der Waals surface area contributed by atoms with Crippen molar-refractivity contribution in [3.63, 3.8) is 0 Å². The zero-order valence-electron chi connectivity index (χ0n) is 22.0. The molecule has 4 aromatic rings. The van der Waals surface area contributed by atoms with Gasteiger partial charge in [-0.25, -0.2) is 4.98 Å². The minimum atomic E-state index is 0.404. The molecule has 1 saturated heterocycles. The Balaban J connectivity index is 1.55. The highest BCUT2D eigenvalue weighted by Gasteiger charge is 2.23. The van der Waals surface area contributed by atoms with E-state index in [0.29, 0.717) is 23.6 Å². The zero-order valence-corrected chi connectivity index (χ0v) is 22.0. The first-order chi connectivity index (χ1) is 17.9. The highest BCUT2D eigenvalue weighted by Crippen LogP contribution is 2.37. The minimum Gasteiger partial charge on any atom is -0.497 e. The van der Waals surface area contributed by atoms with Crippen LogP contribution in [0.2, 0.25) is 0 Å². The lowest BCUT2D eigenvalue weighted by molar-refractivity contribution is 0.303. The van der Waals surface area contributed by atoms with Gasteiger partial charge >= 0.3 is 0 Å². The summed E-state index contributed by atoms with van der Waals surface area (Å²) in [4.78, 5) is 7.44. The number of nitrogen functional groups attached to an aromatic ring is 1. The number of nitrogens with zero attached hydrogens (tertiary/aromatic N) is 4. The molecule has 37 heavy (non-hydrogen) atoms. The topological polar surface area (TPSA) is 89.3 Å². The van der Waals surface area contributed by atoms with Crippen LogP contribution in [0, 0.1) is 32.1 Å². The number of hydrogen-bond donors (Lipinski definition) is 1. The number of fused-ring (bicyclic) bond motifs is 1. The Morgan fingerprint density at radius 1 is 1.05 bits per heavy atom. The lowest BCUT2D eigenvalue weighted by atomic mass is 10.1. The molecular formula is C30H33N5O2. The summed E-state index contributed by atoms with van der Waals surface area (Å²) in [5.41, 5.74) is 13.8. The second kappa shape index (κ2) is 10.2. The Kier molecular flexibility index (Phi) is 6.77. The van der Waals surface area contributed by atoms with Gasteiger partial charge in [0.2, 0.25) is 0 Å². The van der Waals surface area contributed by atoms with Gasteiger partial charge in [0.1, 0.15) is 41.2 Å². The van der Waals surface area contributed by atoms with Crippen LogP contribution in [0.5, 0.6) is 11.5 Å². The molecule has 0 aliphatic carbocycles. The first-order valence-electron chi connectivity index (χ1n) is 12.7. The van der Waals surface area contributed by atoms with Crippen molar-refractivity contribution in [2.24, 2.45) is 0 Å². The fraction of sp³-hybridized carbons (Fsp3) is 0.333. The number of rotatable bonds is 7. The molecule has 190 valence electrons. The second-order valence-corrected chi connectivity index (χ2v) is 9.79. The summed E-state index contributed by atoms with van der Waals surface area (Å²) in [6, 6.07) is 16.3. The van der Waals surface area contributed by atoms with Crippen LogP contribution in [0.1, 0.15) is 46.4 Å². The van der Waals surface area contributed by atoms with Crippen molar-refractivity contribution >= 4 is 16.9 Å². The number of methoxy groups -OCH3 is 1. The SMILES string of the molecule is COc1ccc(COc2ccc(C)c(-n3c(N)c(C#N)c4cc(CN5CCCC5)c(C)nc43)c2C)cc1. The predicted octanol–water partition coefficient (Wildman–Crippen LogP) is 5.59. The molecule has 0 bridgehead atoms. The predicted molar refractivity (Wildman–Crippen MR) is 146 cm³/mol. The van der Waals surface area contributed by atoms with Crippen molar-refractivity contribution in [1.82, 2.24) is 14.5 Å². The van der Waals surface area contributed by atoms with Gasteiger partial charge in [0, 0.05) is 23.2 Å². The van der Waals surface area contributed by atoms with Crippen molar-refractivity contribution < 1.29 is 9.47 Å². The number of aryl methyl sites for hydroxylation is 2. The van der Waals surface area contributed by atoms with Crippen molar-refractivity contribution in [2.75, 3.05) is 25.9 Å². The van der Waals surface area contributed by atoms with Gasteiger partial charge in [0.15, 0.2) is 0 Å². The summed E-state index contributed by atoms with van der Waals surface area (Å²) >= 11 is 0. The smallest absolute Gasteiger partial charge is 0.147 e. The number of benzene rings is 2. The maximum Gasteiger partial charge on any atom is 0.147 e. The summed E-state index contributed by atoms with van der Waals surface area (Å²) in [6.07, 6.45) is 2.47. The summed E-state index contributed by atoms with van der Waals surface area (Å²) in [6.45, 7) is 9.59. The van der Waals surface area contributed by atoms with Crippen LogP contribution < -0.4 is 15.2 Å². The van der Waals surface area contributed by atoms with Crippen LogP contribution in [0.3, 0.4) is 0 Å². The van der Waals surface area contributed by atoms with Crippen LogP contribution in [0.4, 0.5) is 5.82 Å². The van der Waals surface area contributed by atoms with Crippen molar-refractivity contribution in [2.45, 2.75) is 46.8 Å². The average molecular weight is 496 g/mol. The molecule has 0 amide bonds. The Hall–Kier alpha value is -4.02. The molecule has 0 saturated carbocycles. The summed E-state index contributed by atoms with van der Waals surface area (Å²) in [7, 11) is 1.65. The van der Waals surface area contributed by atoms with E-state index in [1.54, 1.807) is 7.11 Å². The monoisotopic (exact) mass is 495 g/mol. The van der Waals surface area contributed by atoms with Gasteiger partial charge in [-0.3, -0.25) is 9.47 Å². The van der Waals surface area contributed by atoms with Crippen LogP contribution in [0.25, 0.3) is 16.7 Å². The van der Waals surface area contributed by atoms with Crippen molar-refractivity contribution in [1.29, 1.82) is 5.26 Å². The lowest BCUT2D eigenvalue weighted by Crippen LogP contribution is -2.19. The highest BCUT2D eigenvalue weighted by molar-refractivity contribution is 5.92. The molecule has 0 atom stereocenters. The quantitative estimate of drug-likeness (QED) is 0.360. The highest BCUT2D eigenvalue weighted by atomic mass is 16.5. The molecule has 1 fully saturated rings. The second-order valence-electron chi connectivity index (χ2n) is 9.79. The maximum absolute atomic E-state index is 10.0. The molecule has 7 nitrogen and oxygen atoms in total. The van der Waals surface area contributed by atoms with Crippen molar-refractivity contribution in [3.05, 3.63) is 76.0 Å². The summed E-state index contributed by atoms with van der Waals surface area (Å²) in [5, 5.41) is 10.8. The Bertz CT molecular complexity index is 1490. The van der Waals surface area contributed by atoms with Crippen molar-refractivity contribution in [3.8, 4) is 23.3 Å².